The average Bonchev–Trinajstić information content (AvgIpc) is 2.86. The summed E-state index contributed by atoms with van der Waals surface area (Å²) in [6.45, 7) is 8.60. The zero-order valence-corrected chi connectivity index (χ0v) is 11.7. The fourth-order valence-electron chi connectivity index (χ4n) is 2.01. The zero-order valence-electron chi connectivity index (χ0n) is 11.7. The first kappa shape index (κ1) is 13.4. The number of hydrogen-bond donors (Lipinski definition) is 0. The van der Waals surface area contributed by atoms with Gasteiger partial charge in [-0.05, 0) is 20.8 Å². The number of rotatable bonds is 5. The molecule has 0 amide bonds. The Kier molecular flexibility index (Phi) is 4.39. The monoisotopic (exact) mass is 260 g/mol. The van der Waals surface area contributed by atoms with E-state index in [0.29, 0.717) is 12.2 Å². The highest BCUT2D eigenvalue weighted by atomic mass is 16.5. The minimum Gasteiger partial charge on any atom is -0.313 e. The lowest BCUT2D eigenvalue weighted by Crippen LogP contribution is -2.41. The first-order valence-corrected chi connectivity index (χ1v) is 6.71. The van der Waals surface area contributed by atoms with E-state index in [1.165, 1.54) is 0 Å². The third-order valence-corrected chi connectivity index (χ3v) is 2.93. The van der Waals surface area contributed by atoms with E-state index in [4.69, 9.17) is 4.52 Å². The van der Waals surface area contributed by atoms with Crippen LogP contribution in [-0.2, 0) is 0 Å². The maximum atomic E-state index is 5.38. The summed E-state index contributed by atoms with van der Waals surface area (Å²) in [6, 6.07) is 10.0. The van der Waals surface area contributed by atoms with Gasteiger partial charge in [0, 0.05) is 25.2 Å². The molecule has 0 unspecified atom stereocenters. The summed E-state index contributed by atoms with van der Waals surface area (Å²) in [5.41, 5.74) is 1.57. The van der Waals surface area contributed by atoms with Gasteiger partial charge in [-0.15, -0.1) is 0 Å². The molecule has 0 aliphatic heterocycles. The SMILES string of the molecule is CCN=c1onc(-c2ccccc2)n1N(CC)CC. The third kappa shape index (κ3) is 2.70. The average molecular weight is 260 g/mol. The Hall–Kier alpha value is -2.04. The summed E-state index contributed by atoms with van der Waals surface area (Å²) < 4.78 is 7.34. The summed E-state index contributed by atoms with van der Waals surface area (Å²) in [5.74, 6) is 0.788. The molecule has 1 aromatic carbocycles. The van der Waals surface area contributed by atoms with E-state index in [9.17, 15) is 0 Å². The maximum absolute atomic E-state index is 5.38. The fraction of sp³-hybridized carbons (Fsp3) is 0.429. The van der Waals surface area contributed by atoms with E-state index in [0.717, 1.165) is 24.5 Å². The van der Waals surface area contributed by atoms with Crippen molar-refractivity contribution in [3.8, 4) is 11.4 Å². The molecule has 0 bridgehead atoms. The number of aromatic nitrogens is 2. The first-order valence-electron chi connectivity index (χ1n) is 6.71. The lowest BCUT2D eigenvalue weighted by Gasteiger charge is -2.22. The summed E-state index contributed by atoms with van der Waals surface area (Å²) in [5, 5.41) is 6.32. The van der Waals surface area contributed by atoms with Crippen molar-refractivity contribution in [2.75, 3.05) is 24.6 Å². The van der Waals surface area contributed by atoms with Crippen LogP contribution in [-0.4, -0.2) is 29.5 Å². The van der Waals surface area contributed by atoms with Crippen molar-refractivity contribution in [3.63, 3.8) is 0 Å². The highest BCUT2D eigenvalue weighted by Gasteiger charge is 2.15. The highest BCUT2D eigenvalue weighted by Crippen LogP contribution is 2.15. The van der Waals surface area contributed by atoms with Crippen LogP contribution in [0.4, 0.5) is 0 Å². The van der Waals surface area contributed by atoms with Crippen LogP contribution in [0.25, 0.3) is 11.4 Å². The predicted molar refractivity (Wildman–Crippen MR) is 75.3 cm³/mol. The van der Waals surface area contributed by atoms with Crippen molar-refractivity contribution in [2.24, 2.45) is 4.99 Å². The Morgan fingerprint density at radius 3 is 2.42 bits per heavy atom. The Morgan fingerprint density at radius 1 is 1.16 bits per heavy atom. The first-order chi connectivity index (χ1) is 9.31. The molecule has 0 radical (unpaired) electrons. The van der Waals surface area contributed by atoms with Crippen molar-refractivity contribution < 1.29 is 4.52 Å². The van der Waals surface area contributed by atoms with Gasteiger partial charge in [0.15, 0.2) is 0 Å². The van der Waals surface area contributed by atoms with Crippen LogP contribution in [0, 0.1) is 0 Å². The van der Waals surface area contributed by atoms with E-state index >= 15 is 0 Å². The van der Waals surface area contributed by atoms with Crippen LogP contribution >= 0.6 is 0 Å². The van der Waals surface area contributed by atoms with Crippen LogP contribution in [0.15, 0.2) is 39.8 Å². The predicted octanol–water partition coefficient (Wildman–Crippen LogP) is 2.04. The van der Waals surface area contributed by atoms with Gasteiger partial charge in [-0.1, -0.05) is 35.5 Å². The summed E-state index contributed by atoms with van der Waals surface area (Å²) in [4.78, 5) is 4.36. The molecule has 0 atom stereocenters. The summed E-state index contributed by atoms with van der Waals surface area (Å²) in [7, 11) is 0. The van der Waals surface area contributed by atoms with Gasteiger partial charge < -0.3 is 9.53 Å². The van der Waals surface area contributed by atoms with Crippen molar-refractivity contribution in [2.45, 2.75) is 20.8 Å². The van der Waals surface area contributed by atoms with Crippen molar-refractivity contribution in [1.82, 2.24) is 9.83 Å². The molecule has 0 aliphatic rings. The van der Waals surface area contributed by atoms with E-state index in [2.05, 4.69) is 29.0 Å². The molecule has 0 fully saturated rings. The lowest BCUT2D eigenvalue weighted by molar-refractivity contribution is 0.358. The van der Waals surface area contributed by atoms with Gasteiger partial charge in [0.2, 0.25) is 5.82 Å². The van der Waals surface area contributed by atoms with Crippen LogP contribution in [0.2, 0.25) is 0 Å². The van der Waals surface area contributed by atoms with Gasteiger partial charge in [0.1, 0.15) is 0 Å². The van der Waals surface area contributed by atoms with Crippen LogP contribution in [0.5, 0.6) is 0 Å². The normalized spacial score (nSPS) is 11.8. The second kappa shape index (κ2) is 6.22. The second-order valence-corrected chi connectivity index (χ2v) is 4.08. The summed E-state index contributed by atoms with van der Waals surface area (Å²) >= 11 is 0. The zero-order chi connectivity index (χ0) is 13.7. The Bertz CT molecular complexity index is 567. The molecule has 19 heavy (non-hydrogen) atoms. The number of hydrogen-bond acceptors (Lipinski definition) is 4. The Labute approximate surface area is 113 Å². The van der Waals surface area contributed by atoms with Gasteiger partial charge in [-0.25, -0.2) is 4.99 Å². The maximum Gasteiger partial charge on any atom is 0.342 e. The van der Waals surface area contributed by atoms with Gasteiger partial charge in [0.05, 0.1) is 0 Å². The molecule has 1 heterocycles. The second-order valence-electron chi connectivity index (χ2n) is 4.08. The third-order valence-electron chi connectivity index (χ3n) is 2.93. The topological polar surface area (TPSA) is 46.6 Å². The van der Waals surface area contributed by atoms with Crippen molar-refractivity contribution in [3.05, 3.63) is 36.0 Å². The lowest BCUT2D eigenvalue weighted by atomic mass is 10.2. The van der Waals surface area contributed by atoms with E-state index in [1.807, 2.05) is 41.9 Å². The molecule has 102 valence electrons. The van der Waals surface area contributed by atoms with Crippen molar-refractivity contribution in [1.29, 1.82) is 0 Å². The molecular formula is C14H20N4O. The largest absolute Gasteiger partial charge is 0.342 e. The van der Waals surface area contributed by atoms with E-state index < -0.39 is 0 Å². The molecule has 5 nitrogen and oxygen atoms in total. The molecule has 0 N–H and O–H groups in total. The molecule has 0 saturated carbocycles. The van der Waals surface area contributed by atoms with Gasteiger partial charge >= 0.3 is 5.68 Å². The van der Waals surface area contributed by atoms with Crippen LogP contribution in [0.3, 0.4) is 0 Å². The molecular weight excluding hydrogens is 240 g/mol. The number of benzene rings is 1. The number of nitrogens with zero attached hydrogens (tertiary/aromatic N) is 4. The smallest absolute Gasteiger partial charge is 0.313 e. The standard InChI is InChI=1S/C14H20N4O/c1-4-15-14-18(17(5-2)6-3)13(16-19-14)12-10-8-7-9-11-12/h7-11H,4-6H2,1-3H3. The molecule has 1 aromatic heterocycles. The minimum absolute atomic E-state index is 0.546. The van der Waals surface area contributed by atoms with Crippen LogP contribution < -0.4 is 10.7 Å². The van der Waals surface area contributed by atoms with Gasteiger partial charge in [-0.2, -0.15) is 4.68 Å². The van der Waals surface area contributed by atoms with E-state index in [-0.39, 0.29) is 0 Å². The van der Waals surface area contributed by atoms with Gasteiger partial charge in [-0.3, -0.25) is 0 Å². The fourth-order valence-corrected chi connectivity index (χ4v) is 2.01. The minimum atomic E-state index is 0.546. The van der Waals surface area contributed by atoms with E-state index in [1.54, 1.807) is 0 Å². The van der Waals surface area contributed by atoms with Gasteiger partial charge in [0.25, 0.3) is 0 Å². The molecule has 0 spiro atoms. The molecule has 5 heteroatoms. The molecule has 2 rings (SSSR count). The molecule has 0 saturated heterocycles. The Balaban J connectivity index is 2.59. The highest BCUT2D eigenvalue weighted by molar-refractivity contribution is 5.54. The quantitative estimate of drug-likeness (QED) is 0.826. The molecule has 2 aromatic rings. The van der Waals surface area contributed by atoms with Crippen molar-refractivity contribution >= 4 is 0 Å². The van der Waals surface area contributed by atoms with Crippen LogP contribution in [0.1, 0.15) is 20.8 Å². The summed E-state index contributed by atoms with van der Waals surface area (Å²) in [6.07, 6.45) is 0. The Morgan fingerprint density at radius 2 is 1.84 bits per heavy atom. The molecule has 0 aliphatic carbocycles.